The second kappa shape index (κ2) is 22.5. The molecule has 6 fully saturated rings. The average Bonchev–Trinajstić information content (AvgIpc) is 3.88. The van der Waals surface area contributed by atoms with Crippen molar-refractivity contribution in [2.45, 2.75) is 140 Å². The van der Waals surface area contributed by atoms with Crippen LogP contribution in [0.25, 0.3) is 0 Å². The molecule has 432 valence electrons. The number of rotatable bonds is 10. The molecule has 22 nitrogen and oxygen atoms in total. The summed E-state index contributed by atoms with van der Waals surface area (Å²) in [5.74, 6) is -0.602. The van der Waals surface area contributed by atoms with Crippen molar-refractivity contribution >= 4 is 65.8 Å². The number of carbonyl (C=O) groups is 8. The molecule has 0 bridgehead atoms. The van der Waals surface area contributed by atoms with Gasteiger partial charge in [0, 0.05) is 56.6 Å². The van der Waals surface area contributed by atoms with Crippen LogP contribution in [0.2, 0.25) is 0 Å². The van der Waals surface area contributed by atoms with Crippen LogP contribution in [0.4, 0.5) is 15.3 Å². The monoisotopic (exact) mass is 1100 g/mol. The van der Waals surface area contributed by atoms with Crippen molar-refractivity contribution in [1.29, 1.82) is 0 Å². The molecule has 3 saturated heterocycles. The molecule has 0 aromatic heterocycles. The van der Waals surface area contributed by atoms with Crippen LogP contribution < -0.4 is 26.4 Å². The molecule has 3 aliphatic carbocycles. The number of nitro benzene ring substituents is 1. The highest BCUT2D eigenvalue weighted by Gasteiger charge is 2.72. The maximum absolute atomic E-state index is 13.5. The Balaban J connectivity index is 0.000000255. The Kier molecular flexibility index (Phi) is 18.7. The molecule has 1 aromatic rings. The van der Waals surface area contributed by atoms with Crippen molar-refractivity contribution in [3.8, 4) is 5.75 Å². The SMILES string of the molecule is CNC(=O)N[C@H](C(=O)N1C[C@H]2[C@@H]([C@H]1C(=O)OC)C2(C)C)C(C)(C)C.COC(=O)[C@@H]1[C@@H]2[C@H](CN1C(=O)[C@@H](N)C(C)(C)C)C2(C)C.COC(=O)[C@@H]1[C@@H]2[C@H](CN1C(=O)[C@@H](NC(=O)Oc1ccc([N+](=O)[O-])cc1)C(C)(C)C)C2(C)C.Cl. The van der Waals surface area contributed by atoms with Crippen LogP contribution >= 0.6 is 12.4 Å². The maximum Gasteiger partial charge on any atom is 0.413 e. The number of benzene rings is 1. The molecule has 3 aliphatic heterocycles. The predicted octanol–water partition coefficient (Wildman–Crippen LogP) is 5.18. The highest BCUT2D eigenvalue weighted by Crippen LogP contribution is 2.67. The second-order valence-electron chi connectivity index (χ2n) is 26.2. The van der Waals surface area contributed by atoms with Gasteiger partial charge in [0.1, 0.15) is 36.0 Å². The summed E-state index contributed by atoms with van der Waals surface area (Å²) in [6.45, 7) is 31.1. The topological polar surface area (TPSA) is 288 Å². The molecule has 1 aromatic carbocycles. The van der Waals surface area contributed by atoms with E-state index in [1.54, 1.807) is 30.6 Å². The number of nitro groups is 1. The van der Waals surface area contributed by atoms with Crippen LogP contribution in [0.1, 0.15) is 104 Å². The van der Waals surface area contributed by atoms with E-state index in [4.69, 9.17) is 24.7 Å². The van der Waals surface area contributed by atoms with Crippen LogP contribution in [0, 0.1) is 78.1 Å². The van der Waals surface area contributed by atoms with Crippen LogP contribution in [-0.2, 0) is 43.0 Å². The number of nitrogens with zero attached hydrogens (tertiary/aromatic N) is 4. The lowest BCUT2D eigenvalue weighted by atomic mass is 9.85. The van der Waals surface area contributed by atoms with E-state index in [2.05, 4.69) is 57.5 Å². The van der Waals surface area contributed by atoms with Gasteiger partial charge < -0.3 is 55.3 Å². The average molecular weight is 1110 g/mol. The van der Waals surface area contributed by atoms with Crippen LogP contribution in [0.15, 0.2) is 24.3 Å². The van der Waals surface area contributed by atoms with Crippen LogP contribution in [-0.4, -0.2) is 152 Å². The third-order valence-electron chi connectivity index (χ3n) is 17.3. The number of urea groups is 1. The Bertz CT molecular complexity index is 2450. The number of nitrogens with two attached hydrogens (primary N) is 1. The van der Waals surface area contributed by atoms with Crippen LogP contribution in [0.5, 0.6) is 5.75 Å². The summed E-state index contributed by atoms with van der Waals surface area (Å²) in [6.07, 6.45) is -0.869. The molecule has 7 rings (SSSR count). The molecule has 3 saturated carbocycles. The Morgan fingerprint density at radius 1 is 0.597 bits per heavy atom. The van der Waals surface area contributed by atoms with Crippen molar-refractivity contribution in [2.24, 2.45) is 73.7 Å². The highest BCUT2D eigenvalue weighted by molar-refractivity contribution is 5.93. The summed E-state index contributed by atoms with van der Waals surface area (Å²) in [5.41, 5.74) is 4.57. The van der Waals surface area contributed by atoms with Crippen molar-refractivity contribution in [3.05, 3.63) is 34.4 Å². The number of piperidine rings is 3. The molecule has 23 heteroatoms. The molecule has 0 unspecified atom stereocenters. The molecule has 12 atom stereocenters. The fourth-order valence-electron chi connectivity index (χ4n) is 12.0. The van der Waals surface area contributed by atoms with Gasteiger partial charge in [0.15, 0.2) is 0 Å². The number of amides is 6. The Morgan fingerprint density at radius 3 is 1.21 bits per heavy atom. The molecular weight excluding hydrogens is 1020 g/mol. The summed E-state index contributed by atoms with van der Waals surface area (Å²) < 4.78 is 20.0. The molecule has 6 amide bonds. The minimum atomic E-state index is -0.958. The summed E-state index contributed by atoms with van der Waals surface area (Å²) in [7, 11) is 5.52. The van der Waals surface area contributed by atoms with Crippen LogP contribution in [0.3, 0.4) is 0 Å². The van der Waals surface area contributed by atoms with Gasteiger partial charge in [0.2, 0.25) is 17.7 Å². The van der Waals surface area contributed by atoms with Gasteiger partial charge in [-0.1, -0.05) is 104 Å². The number of fused-ring (bicyclic) bond motifs is 3. The number of nitrogens with one attached hydrogen (secondary N) is 3. The molecule has 3 heterocycles. The van der Waals surface area contributed by atoms with Gasteiger partial charge in [-0.25, -0.2) is 24.0 Å². The second-order valence-corrected chi connectivity index (χ2v) is 26.2. The van der Waals surface area contributed by atoms with Crippen molar-refractivity contribution in [1.82, 2.24) is 30.7 Å². The zero-order chi connectivity index (χ0) is 57.9. The maximum atomic E-state index is 13.5. The lowest BCUT2D eigenvalue weighted by molar-refractivity contribution is -0.384. The van der Waals surface area contributed by atoms with Gasteiger partial charge in [-0.15, -0.1) is 12.4 Å². The first-order valence-electron chi connectivity index (χ1n) is 25.9. The zero-order valence-electron chi connectivity index (χ0n) is 48.3. The van der Waals surface area contributed by atoms with E-state index < -0.39 is 70.1 Å². The highest BCUT2D eigenvalue weighted by atomic mass is 35.5. The Morgan fingerprint density at radius 2 is 0.922 bits per heavy atom. The number of hydrogen-bond acceptors (Lipinski definition) is 15. The van der Waals surface area contributed by atoms with Crippen molar-refractivity contribution in [2.75, 3.05) is 48.0 Å². The van der Waals surface area contributed by atoms with E-state index in [9.17, 15) is 48.5 Å². The third kappa shape index (κ3) is 12.7. The van der Waals surface area contributed by atoms with Gasteiger partial charge in [-0.2, -0.15) is 0 Å². The first-order valence-corrected chi connectivity index (χ1v) is 25.9. The summed E-state index contributed by atoms with van der Waals surface area (Å²) >= 11 is 0. The first-order chi connectivity index (χ1) is 34.8. The third-order valence-corrected chi connectivity index (χ3v) is 17.3. The Labute approximate surface area is 459 Å². The number of ether oxygens (including phenoxy) is 4. The molecule has 6 aliphatic rings. The normalized spacial score (nSPS) is 27.4. The van der Waals surface area contributed by atoms with E-state index in [-0.39, 0.29) is 98.8 Å². The van der Waals surface area contributed by atoms with Gasteiger partial charge >= 0.3 is 30.0 Å². The number of esters is 3. The standard InChI is InChI=1S/C22H29N3O7.C17H29N3O4.C15H26N2O3.ClH/c1-21(2,3)17(23-20(28)32-13-9-7-12(8-10-13)25(29)30)18(26)24-11-14-15(22(14,4)5)16(24)19(27)31-6;1-16(2,3)12(19-15(23)18-6)13(21)20-8-9-10(17(9,4)5)11(20)14(22)24-7;1-14(2,3)11(16)12(18)17-7-8-9(15(8,4)5)10(17)13(19)20-6;/h7-10,14-17H,11H2,1-6H3,(H,23,28);9-12H,8H2,1-7H3,(H2,18,19,23);8-11H,7,16H2,1-6H3;1H/t14-,15-,16-,17+;9-,10-,11-,12+;8-,9-,10-,11+;/m000./s1. The molecular formula is C54H85ClN8O14. The van der Waals surface area contributed by atoms with E-state index in [1.807, 2.05) is 41.5 Å². The van der Waals surface area contributed by atoms with Crippen molar-refractivity contribution in [3.63, 3.8) is 0 Å². The Hall–Kier alpha value is -5.77. The molecule has 0 spiro atoms. The van der Waals surface area contributed by atoms with Gasteiger partial charge in [-0.3, -0.25) is 24.5 Å². The summed E-state index contributed by atoms with van der Waals surface area (Å²) in [6, 6.07) is 0.611. The summed E-state index contributed by atoms with van der Waals surface area (Å²) in [5, 5.41) is 18.6. The molecule has 5 N–H and O–H groups in total. The predicted molar refractivity (Wildman–Crippen MR) is 286 cm³/mol. The number of carbonyl (C=O) groups excluding carboxylic acids is 8. The van der Waals surface area contributed by atoms with Gasteiger partial charge in [-0.05, 0) is 62.4 Å². The fraction of sp³-hybridized carbons (Fsp3) is 0.741. The fourth-order valence-corrected chi connectivity index (χ4v) is 12.0. The summed E-state index contributed by atoms with van der Waals surface area (Å²) in [4.78, 5) is 115. The van der Waals surface area contributed by atoms with E-state index in [0.29, 0.717) is 31.5 Å². The number of likely N-dealkylation sites (tertiary alicyclic amines) is 3. The minimum Gasteiger partial charge on any atom is -0.467 e. The lowest BCUT2D eigenvalue weighted by Crippen LogP contribution is -2.59. The van der Waals surface area contributed by atoms with Gasteiger partial charge in [0.25, 0.3) is 5.69 Å². The first kappa shape index (κ1) is 63.8. The number of methoxy groups -OCH3 is 3. The van der Waals surface area contributed by atoms with E-state index >= 15 is 0 Å². The molecule has 0 radical (unpaired) electrons. The molecule has 77 heavy (non-hydrogen) atoms. The number of hydrogen-bond donors (Lipinski definition) is 4. The quantitative estimate of drug-likeness (QED) is 0.102. The largest absolute Gasteiger partial charge is 0.467 e. The number of halogens is 1. The number of non-ortho nitro benzene ring substituents is 1. The lowest BCUT2D eigenvalue weighted by Gasteiger charge is -2.37. The minimum absolute atomic E-state index is 0. The van der Waals surface area contributed by atoms with E-state index in [0.717, 1.165) is 0 Å². The zero-order valence-corrected chi connectivity index (χ0v) is 49.2. The van der Waals surface area contributed by atoms with Crippen molar-refractivity contribution < 1.29 is 62.2 Å². The smallest absolute Gasteiger partial charge is 0.413 e. The van der Waals surface area contributed by atoms with Gasteiger partial charge in [0.05, 0.1) is 32.3 Å². The van der Waals surface area contributed by atoms with E-state index in [1.165, 1.54) is 57.5 Å².